The fourth-order valence-corrected chi connectivity index (χ4v) is 5.00. The van der Waals surface area contributed by atoms with Crippen LogP contribution >= 0.6 is 11.6 Å². The van der Waals surface area contributed by atoms with Crippen molar-refractivity contribution in [3.05, 3.63) is 46.9 Å². The molecule has 0 N–H and O–H groups in total. The summed E-state index contributed by atoms with van der Waals surface area (Å²) in [4.78, 5) is 13.9. The second-order valence-electron chi connectivity index (χ2n) is 8.20. The van der Waals surface area contributed by atoms with Gasteiger partial charge in [0.25, 0.3) is 6.43 Å². The van der Waals surface area contributed by atoms with Crippen molar-refractivity contribution in [1.29, 1.82) is 0 Å². The number of aryl methyl sites for hydroxylation is 1. The van der Waals surface area contributed by atoms with Crippen LogP contribution in [0.1, 0.15) is 30.5 Å². The second kappa shape index (κ2) is 7.74. The SMILES string of the molecule is Cn1cc(CN2CCC3CCN(c4cnc5cc(Cl)ccc5n4)CC32)c(C(F)F)n1. The van der Waals surface area contributed by atoms with E-state index in [2.05, 4.69) is 19.9 Å². The Morgan fingerprint density at radius 2 is 2.03 bits per heavy atom. The molecule has 2 saturated heterocycles. The normalized spacial score (nSPS) is 22.2. The van der Waals surface area contributed by atoms with E-state index >= 15 is 0 Å². The maximum atomic E-state index is 13.4. The molecule has 3 aromatic rings. The van der Waals surface area contributed by atoms with Crippen LogP contribution in [0.3, 0.4) is 0 Å². The van der Waals surface area contributed by atoms with Crippen LogP contribution in [0.15, 0.2) is 30.6 Å². The minimum absolute atomic E-state index is 0.104. The molecule has 1 aromatic carbocycles. The molecule has 2 aromatic heterocycles. The zero-order valence-electron chi connectivity index (χ0n) is 16.7. The predicted molar refractivity (Wildman–Crippen MR) is 112 cm³/mol. The van der Waals surface area contributed by atoms with Crippen LogP contribution in [0.25, 0.3) is 11.0 Å². The number of likely N-dealkylation sites (tertiary alicyclic amines) is 1. The third-order valence-electron chi connectivity index (χ3n) is 6.31. The van der Waals surface area contributed by atoms with Crippen LogP contribution in [0, 0.1) is 5.92 Å². The lowest BCUT2D eigenvalue weighted by Gasteiger charge is -2.39. The molecule has 0 bridgehead atoms. The molecule has 0 amide bonds. The van der Waals surface area contributed by atoms with E-state index in [0.717, 1.165) is 49.3 Å². The first kappa shape index (κ1) is 19.6. The van der Waals surface area contributed by atoms with Crippen LogP contribution in [-0.4, -0.2) is 50.3 Å². The van der Waals surface area contributed by atoms with Gasteiger partial charge in [0.1, 0.15) is 11.5 Å². The number of piperidine rings is 1. The first-order chi connectivity index (χ1) is 14.5. The van der Waals surface area contributed by atoms with E-state index in [4.69, 9.17) is 16.6 Å². The number of hydrogen-bond donors (Lipinski definition) is 0. The van der Waals surface area contributed by atoms with Gasteiger partial charge in [-0.1, -0.05) is 11.6 Å². The number of benzene rings is 1. The molecule has 2 fully saturated rings. The predicted octanol–water partition coefficient (Wildman–Crippen LogP) is 4.06. The summed E-state index contributed by atoms with van der Waals surface area (Å²) in [5, 5.41) is 4.60. The molecule has 0 spiro atoms. The van der Waals surface area contributed by atoms with Crippen molar-refractivity contribution < 1.29 is 8.78 Å². The highest BCUT2D eigenvalue weighted by Gasteiger charge is 2.39. The van der Waals surface area contributed by atoms with Crippen molar-refractivity contribution in [2.75, 3.05) is 24.5 Å². The van der Waals surface area contributed by atoms with E-state index in [1.54, 1.807) is 19.4 Å². The fraction of sp³-hybridized carbons (Fsp3) is 0.476. The lowest BCUT2D eigenvalue weighted by atomic mass is 9.92. The van der Waals surface area contributed by atoms with Gasteiger partial charge >= 0.3 is 0 Å². The zero-order valence-corrected chi connectivity index (χ0v) is 17.4. The van der Waals surface area contributed by atoms with Crippen LogP contribution in [-0.2, 0) is 13.6 Å². The minimum Gasteiger partial charge on any atom is -0.354 e. The summed E-state index contributed by atoms with van der Waals surface area (Å²) in [6, 6.07) is 5.83. The molecule has 2 atom stereocenters. The molecule has 9 heteroatoms. The van der Waals surface area contributed by atoms with Gasteiger partial charge in [0.15, 0.2) is 0 Å². The summed E-state index contributed by atoms with van der Waals surface area (Å²) in [7, 11) is 1.69. The molecule has 0 radical (unpaired) electrons. The standard InChI is InChI=1S/C21H23ClF2N6/c1-28-10-14(20(27-28)21(23)24)11-29-6-4-13-5-7-30(12-18(13)29)19-9-25-17-8-15(22)2-3-16(17)26-19/h2-3,8-10,13,18,21H,4-7,11-12H2,1H3. The highest BCUT2D eigenvalue weighted by atomic mass is 35.5. The van der Waals surface area contributed by atoms with Gasteiger partial charge in [-0.2, -0.15) is 5.10 Å². The van der Waals surface area contributed by atoms with Crippen molar-refractivity contribution >= 4 is 28.5 Å². The van der Waals surface area contributed by atoms with Crippen LogP contribution in [0.2, 0.25) is 5.02 Å². The average molecular weight is 433 g/mol. The van der Waals surface area contributed by atoms with Crippen LogP contribution < -0.4 is 4.90 Å². The Morgan fingerprint density at radius 3 is 2.87 bits per heavy atom. The maximum Gasteiger partial charge on any atom is 0.282 e. The zero-order chi connectivity index (χ0) is 20.8. The van der Waals surface area contributed by atoms with E-state index in [1.165, 1.54) is 4.68 Å². The Labute approximate surface area is 178 Å². The summed E-state index contributed by atoms with van der Waals surface area (Å²) in [5.41, 5.74) is 2.11. The number of nitrogens with zero attached hydrogens (tertiary/aromatic N) is 6. The molecule has 158 valence electrons. The Balaban J connectivity index is 1.35. The quantitative estimate of drug-likeness (QED) is 0.622. The summed E-state index contributed by atoms with van der Waals surface area (Å²) in [6.45, 7) is 3.17. The third-order valence-corrected chi connectivity index (χ3v) is 6.55. The van der Waals surface area contributed by atoms with Gasteiger partial charge in [-0.25, -0.2) is 13.8 Å². The lowest BCUT2D eigenvalue weighted by Crippen LogP contribution is -2.48. The van der Waals surface area contributed by atoms with Crippen molar-refractivity contribution in [1.82, 2.24) is 24.6 Å². The summed E-state index contributed by atoms with van der Waals surface area (Å²) >= 11 is 6.05. The molecule has 0 aliphatic carbocycles. The van der Waals surface area contributed by atoms with Gasteiger partial charge in [0.2, 0.25) is 0 Å². The Bertz CT molecular complexity index is 1070. The number of rotatable bonds is 4. The van der Waals surface area contributed by atoms with Crippen molar-refractivity contribution in [2.24, 2.45) is 13.0 Å². The van der Waals surface area contributed by atoms with E-state index < -0.39 is 6.43 Å². The van der Waals surface area contributed by atoms with E-state index in [0.29, 0.717) is 29.1 Å². The number of aromatic nitrogens is 4. The van der Waals surface area contributed by atoms with E-state index in [9.17, 15) is 8.78 Å². The fourth-order valence-electron chi connectivity index (χ4n) is 4.84. The minimum atomic E-state index is -2.55. The molecule has 5 rings (SSSR count). The van der Waals surface area contributed by atoms with Gasteiger partial charge in [-0.15, -0.1) is 0 Å². The molecule has 4 heterocycles. The second-order valence-corrected chi connectivity index (χ2v) is 8.63. The number of alkyl halides is 2. The summed E-state index contributed by atoms with van der Waals surface area (Å²) < 4.78 is 28.2. The molecule has 0 saturated carbocycles. The summed E-state index contributed by atoms with van der Waals surface area (Å²) in [6.07, 6.45) is 3.13. The molecule has 2 unspecified atom stereocenters. The number of anilines is 1. The largest absolute Gasteiger partial charge is 0.354 e. The van der Waals surface area contributed by atoms with Crippen molar-refractivity contribution in [3.63, 3.8) is 0 Å². The van der Waals surface area contributed by atoms with Crippen molar-refractivity contribution in [3.8, 4) is 0 Å². The van der Waals surface area contributed by atoms with Gasteiger partial charge in [-0.05, 0) is 43.5 Å². The molecule has 2 aliphatic rings. The topological polar surface area (TPSA) is 50.1 Å². The van der Waals surface area contributed by atoms with Gasteiger partial charge in [0.05, 0.1) is 17.2 Å². The van der Waals surface area contributed by atoms with E-state index in [-0.39, 0.29) is 5.69 Å². The molecule has 6 nitrogen and oxygen atoms in total. The van der Waals surface area contributed by atoms with Crippen LogP contribution in [0.5, 0.6) is 0 Å². The highest BCUT2D eigenvalue weighted by Crippen LogP contribution is 2.35. The number of fused-ring (bicyclic) bond motifs is 2. The Kier molecular flexibility index (Phi) is 5.06. The molecular formula is C21H23ClF2N6. The molecule has 2 aliphatic heterocycles. The number of halogens is 3. The molecule has 30 heavy (non-hydrogen) atoms. The van der Waals surface area contributed by atoms with E-state index in [1.807, 2.05) is 18.2 Å². The Morgan fingerprint density at radius 1 is 1.20 bits per heavy atom. The first-order valence-electron chi connectivity index (χ1n) is 10.2. The maximum absolute atomic E-state index is 13.4. The molecular weight excluding hydrogens is 410 g/mol. The number of hydrogen-bond acceptors (Lipinski definition) is 5. The highest BCUT2D eigenvalue weighted by molar-refractivity contribution is 6.31. The average Bonchev–Trinajstić information content (AvgIpc) is 3.30. The van der Waals surface area contributed by atoms with Crippen molar-refractivity contribution in [2.45, 2.75) is 31.9 Å². The first-order valence-corrected chi connectivity index (χ1v) is 10.6. The van der Waals surface area contributed by atoms with Gasteiger partial charge < -0.3 is 4.90 Å². The Hall–Kier alpha value is -2.32. The van der Waals surface area contributed by atoms with Gasteiger partial charge in [0, 0.05) is 49.5 Å². The smallest absolute Gasteiger partial charge is 0.282 e. The monoisotopic (exact) mass is 432 g/mol. The van der Waals surface area contributed by atoms with Crippen LogP contribution in [0.4, 0.5) is 14.6 Å². The lowest BCUT2D eigenvalue weighted by molar-refractivity contribution is 0.140. The summed E-state index contributed by atoms with van der Waals surface area (Å²) in [5.74, 6) is 1.44. The van der Waals surface area contributed by atoms with Gasteiger partial charge in [-0.3, -0.25) is 14.6 Å². The third kappa shape index (κ3) is 3.63.